The molecule has 2 heterocycles. The second-order valence-corrected chi connectivity index (χ2v) is 6.17. The van der Waals surface area contributed by atoms with Gasteiger partial charge in [0.05, 0.1) is 7.11 Å². The SMILES string of the molecule is COc1cc(CNCCCc2c[nH]c3ccccc23)cc2c1OCO2. The molecule has 2 aromatic carbocycles. The quantitative estimate of drug-likeness (QED) is 0.646. The summed E-state index contributed by atoms with van der Waals surface area (Å²) in [6.07, 6.45) is 4.26. The number of benzene rings is 2. The van der Waals surface area contributed by atoms with Crippen molar-refractivity contribution in [3.63, 3.8) is 0 Å². The molecule has 3 aromatic rings. The molecule has 1 aliphatic heterocycles. The Balaban J connectivity index is 1.30. The maximum Gasteiger partial charge on any atom is 0.231 e. The number of hydrogen-bond donors (Lipinski definition) is 2. The molecule has 5 heteroatoms. The van der Waals surface area contributed by atoms with E-state index < -0.39 is 0 Å². The highest BCUT2D eigenvalue weighted by Gasteiger charge is 2.19. The Kier molecular flexibility index (Phi) is 4.48. The van der Waals surface area contributed by atoms with Crippen molar-refractivity contribution >= 4 is 10.9 Å². The van der Waals surface area contributed by atoms with Crippen molar-refractivity contribution in [2.75, 3.05) is 20.4 Å². The molecule has 0 spiro atoms. The average Bonchev–Trinajstić information content (AvgIpc) is 3.27. The molecule has 2 N–H and O–H groups in total. The minimum absolute atomic E-state index is 0.257. The number of rotatable bonds is 7. The van der Waals surface area contributed by atoms with E-state index in [2.05, 4.69) is 40.8 Å². The molecule has 4 rings (SSSR count). The van der Waals surface area contributed by atoms with Gasteiger partial charge in [0.1, 0.15) is 0 Å². The molecule has 0 aliphatic carbocycles. The number of hydrogen-bond acceptors (Lipinski definition) is 4. The molecular formula is C20H22N2O3. The van der Waals surface area contributed by atoms with Crippen LogP contribution in [0.1, 0.15) is 17.5 Å². The standard InChI is InChI=1S/C20H22N2O3/c1-23-18-9-14(10-19-20(18)25-13-24-19)11-21-8-4-5-15-12-22-17-7-3-2-6-16(15)17/h2-3,6-7,9-10,12,21-22H,4-5,8,11,13H2,1H3. The molecule has 25 heavy (non-hydrogen) atoms. The molecule has 0 saturated carbocycles. The Morgan fingerprint density at radius 1 is 1.20 bits per heavy atom. The lowest BCUT2D eigenvalue weighted by Crippen LogP contribution is -2.15. The predicted molar refractivity (Wildman–Crippen MR) is 97.4 cm³/mol. The Bertz CT molecular complexity index is 873. The fourth-order valence-electron chi connectivity index (χ4n) is 3.26. The van der Waals surface area contributed by atoms with Gasteiger partial charge < -0.3 is 24.5 Å². The summed E-state index contributed by atoms with van der Waals surface area (Å²) in [6, 6.07) is 12.4. The van der Waals surface area contributed by atoms with Crippen LogP contribution in [0, 0.1) is 0 Å². The maximum atomic E-state index is 5.47. The van der Waals surface area contributed by atoms with Crippen LogP contribution >= 0.6 is 0 Å². The van der Waals surface area contributed by atoms with Crippen LogP contribution in [-0.2, 0) is 13.0 Å². The van der Waals surface area contributed by atoms with Crippen LogP contribution < -0.4 is 19.5 Å². The number of aryl methyl sites for hydroxylation is 1. The molecule has 5 nitrogen and oxygen atoms in total. The highest BCUT2D eigenvalue weighted by Crippen LogP contribution is 2.41. The summed E-state index contributed by atoms with van der Waals surface area (Å²) in [5.74, 6) is 2.19. The number of para-hydroxylation sites is 1. The van der Waals surface area contributed by atoms with Crippen molar-refractivity contribution in [1.29, 1.82) is 0 Å². The number of fused-ring (bicyclic) bond motifs is 2. The highest BCUT2D eigenvalue weighted by atomic mass is 16.7. The van der Waals surface area contributed by atoms with Crippen LogP contribution in [-0.4, -0.2) is 25.4 Å². The van der Waals surface area contributed by atoms with Gasteiger partial charge in [-0.1, -0.05) is 18.2 Å². The molecule has 0 unspecified atom stereocenters. The van der Waals surface area contributed by atoms with Gasteiger partial charge in [-0.25, -0.2) is 0 Å². The molecule has 0 atom stereocenters. The largest absolute Gasteiger partial charge is 0.493 e. The van der Waals surface area contributed by atoms with Crippen molar-refractivity contribution in [2.24, 2.45) is 0 Å². The van der Waals surface area contributed by atoms with Crippen molar-refractivity contribution in [3.8, 4) is 17.2 Å². The number of aromatic nitrogens is 1. The number of aromatic amines is 1. The average molecular weight is 338 g/mol. The van der Waals surface area contributed by atoms with E-state index in [0.29, 0.717) is 5.75 Å². The van der Waals surface area contributed by atoms with Crippen molar-refractivity contribution in [2.45, 2.75) is 19.4 Å². The highest BCUT2D eigenvalue weighted by molar-refractivity contribution is 5.82. The Hall–Kier alpha value is -2.66. The first-order valence-electron chi connectivity index (χ1n) is 8.57. The van der Waals surface area contributed by atoms with Gasteiger partial charge in [-0.15, -0.1) is 0 Å². The van der Waals surface area contributed by atoms with E-state index in [4.69, 9.17) is 14.2 Å². The number of ether oxygens (including phenoxy) is 3. The Morgan fingerprint density at radius 2 is 2.12 bits per heavy atom. The zero-order chi connectivity index (χ0) is 17.1. The third-order valence-corrected chi connectivity index (χ3v) is 4.52. The van der Waals surface area contributed by atoms with Gasteiger partial charge in [0, 0.05) is 23.6 Å². The molecule has 0 radical (unpaired) electrons. The lowest BCUT2D eigenvalue weighted by molar-refractivity contribution is 0.171. The summed E-state index contributed by atoms with van der Waals surface area (Å²) in [7, 11) is 1.65. The van der Waals surface area contributed by atoms with Gasteiger partial charge in [0.25, 0.3) is 0 Å². The van der Waals surface area contributed by atoms with Crippen molar-refractivity contribution in [1.82, 2.24) is 10.3 Å². The first-order valence-corrected chi connectivity index (χ1v) is 8.57. The van der Waals surface area contributed by atoms with Gasteiger partial charge in [0.15, 0.2) is 11.5 Å². The molecule has 1 aromatic heterocycles. The monoisotopic (exact) mass is 338 g/mol. The summed E-state index contributed by atoms with van der Waals surface area (Å²) in [6.45, 7) is 1.99. The molecule has 0 fully saturated rings. The number of methoxy groups -OCH3 is 1. The van der Waals surface area contributed by atoms with Gasteiger partial charge >= 0.3 is 0 Å². The second kappa shape index (κ2) is 7.07. The summed E-state index contributed by atoms with van der Waals surface area (Å²) >= 11 is 0. The molecule has 0 bridgehead atoms. The molecule has 130 valence electrons. The number of H-pyrrole nitrogens is 1. The lowest BCUT2D eigenvalue weighted by Gasteiger charge is -2.09. The van der Waals surface area contributed by atoms with Gasteiger partial charge in [-0.3, -0.25) is 0 Å². The molecule has 0 amide bonds. The Morgan fingerprint density at radius 3 is 3.04 bits per heavy atom. The van der Waals surface area contributed by atoms with Crippen LogP contribution in [0.25, 0.3) is 10.9 Å². The smallest absolute Gasteiger partial charge is 0.231 e. The van der Waals surface area contributed by atoms with Crippen LogP contribution in [0.15, 0.2) is 42.6 Å². The van der Waals surface area contributed by atoms with Crippen LogP contribution in [0.4, 0.5) is 0 Å². The zero-order valence-corrected chi connectivity index (χ0v) is 14.3. The fourth-order valence-corrected chi connectivity index (χ4v) is 3.26. The third kappa shape index (κ3) is 3.28. The predicted octanol–water partition coefficient (Wildman–Crippen LogP) is 3.63. The van der Waals surface area contributed by atoms with E-state index in [1.54, 1.807) is 7.11 Å². The first-order chi connectivity index (χ1) is 12.3. The normalized spacial score (nSPS) is 12.7. The van der Waals surface area contributed by atoms with Crippen molar-refractivity contribution in [3.05, 3.63) is 53.7 Å². The van der Waals surface area contributed by atoms with Gasteiger partial charge in [-0.05, 0) is 48.7 Å². The fraction of sp³-hybridized carbons (Fsp3) is 0.300. The summed E-state index contributed by atoms with van der Waals surface area (Å²) in [5, 5.41) is 4.81. The zero-order valence-electron chi connectivity index (χ0n) is 14.3. The van der Waals surface area contributed by atoms with E-state index in [1.807, 2.05) is 12.1 Å². The first kappa shape index (κ1) is 15.8. The third-order valence-electron chi connectivity index (χ3n) is 4.52. The summed E-state index contributed by atoms with van der Waals surface area (Å²) in [5.41, 5.74) is 3.72. The maximum absolute atomic E-state index is 5.47. The topological polar surface area (TPSA) is 55.5 Å². The summed E-state index contributed by atoms with van der Waals surface area (Å²) < 4.78 is 16.3. The van der Waals surface area contributed by atoms with Crippen LogP contribution in [0.2, 0.25) is 0 Å². The van der Waals surface area contributed by atoms with Crippen LogP contribution in [0.3, 0.4) is 0 Å². The number of nitrogens with one attached hydrogen (secondary N) is 2. The Labute approximate surface area is 146 Å². The van der Waals surface area contributed by atoms with Crippen LogP contribution in [0.5, 0.6) is 17.2 Å². The molecule has 0 saturated heterocycles. The van der Waals surface area contributed by atoms with E-state index in [9.17, 15) is 0 Å². The lowest BCUT2D eigenvalue weighted by atomic mass is 10.1. The minimum Gasteiger partial charge on any atom is -0.493 e. The van der Waals surface area contributed by atoms with E-state index >= 15 is 0 Å². The summed E-state index contributed by atoms with van der Waals surface area (Å²) in [4.78, 5) is 3.33. The van der Waals surface area contributed by atoms with E-state index in [1.165, 1.54) is 16.5 Å². The van der Waals surface area contributed by atoms with E-state index in [-0.39, 0.29) is 6.79 Å². The van der Waals surface area contributed by atoms with Gasteiger partial charge in [0.2, 0.25) is 12.5 Å². The van der Waals surface area contributed by atoms with Gasteiger partial charge in [-0.2, -0.15) is 0 Å². The molecule has 1 aliphatic rings. The van der Waals surface area contributed by atoms with E-state index in [0.717, 1.165) is 43.0 Å². The van der Waals surface area contributed by atoms with Crippen molar-refractivity contribution < 1.29 is 14.2 Å². The molecular weight excluding hydrogens is 316 g/mol. The minimum atomic E-state index is 0.257. The second-order valence-electron chi connectivity index (χ2n) is 6.17.